The molecule has 2 aromatic rings. The summed E-state index contributed by atoms with van der Waals surface area (Å²) in [7, 11) is 1.71. The van der Waals surface area contributed by atoms with E-state index >= 15 is 0 Å². The van der Waals surface area contributed by atoms with Crippen LogP contribution in [0.15, 0.2) is 35.5 Å². The van der Waals surface area contributed by atoms with E-state index in [1.807, 2.05) is 0 Å². The average Bonchev–Trinajstić information content (AvgIpc) is 2.32. The Balaban J connectivity index is 2.27. The van der Waals surface area contributed by atoms with Crippen LogP contribution < -0.4 is 10.9 Å². The fourth-order valence-corrected chi connectivity index (χ4v) is 1.40. The zero-order valence-electron chi connectivity index (χ0n) is 9.22. The first kappa shape index (κ1) is 11.3. The predicted molar refractivity (Wildman–Crippen MR) is 61.3 cm³/mol. The minimum absolute atomic E-state index is 0.202. The lowest BCUT2D eigenvalue weighted by atomic mass is 10.3. The number of anilines is 1. The van der Waals surface area contributed by atoms with Crippen LogP contribution in [0.1, 0.15) is 5.56 Å². The minimum atomic E-state index is -0.428. The Morgan fingerprint density at radius 3 is 2.82 bits per heavy atom. The van der Waals surface area contributed by atoms with Gasteiger partial charge in [-0.25, -0.2) is 9.07 Å². The summed E-state index contributed by atoms with van der Waals surface area (Å²) < 4.78 is 14.2. The van der Waals surface area contributed by atoms with Gasteiger partial charge in [-0.05, 0) is 11.6 Å². The van der Waals surface area contributed by atoms with Gasteiger partial charge in [0, 0.05) is 19.3 Å². The van der Waals surface area contributed by atoms with Gasteiger partial charge in [-0.1, -0.05) is 0 Å². The van der Waals surface area contributed by atoms with E-state index in [1.54, 1.807) is 7.05 Å². The maximum Gasteiger partial charge on any atom is 0.269 e. The molecule has 17 heavy (non-hydrogen) atoms. The molecule has 0 spiro atoms. The molecule has 0 saturated carbocycles. The number of nitrogens with one attached hydrogen (secondary N) is 1. The molecular formula is C11H11FN4O. The third-order valence-electron chi connectivity index (χ3n) is 2.25. The van der Waals surface area contributed by atoms with Crippen molar-refractivity contribution in [3.8, 4) is 0 Å². The molecule has 0 bridgehead atoms. The fraction of sp³-hybridized carbons (Fsp3) is 0.182. The largest absolute Gasteiger partial charge is 0.387 e. The molecule has 0 saturated heterocycles. The molecular weight excluding hydrogens is 223 g/mol. The van der Waals surface area contributed by atoms with Crippen molar-refractivity contribution < 1.29 is 4.39 Å². The Hall–Kier alpha value is -2.24. The number of hydrogen-bond donors (Lipinski definition) is 1. The molecule has 0 aliphatic carbocycles. The van der Waals surface area contributed by atoms with Gasteiger partial charge in [-0.2, -0.15) is 5.10 Å². The smallest absolute Gasteiger partial charge is 0.269 e. The second-order valence-corrected chi connectivity index (χ2v) is 3.50. The van der Waals surface area contributed by atoms with Crippen LogP contribution >= 0.6 is 0 Å². The van der Waals surface area contributed by atoms with E-state index in [4.69, 9.17) is 0 Å². The summed E-state index contributed by atoms with van der Waals surface area (Å²) in [5.41, 5.74) is 0.988. The Morgan fingerprint density at radius 2 is 2.18 bits per heavy atom. The van der Waals surface area contributed by atoms with Gasteiger partial charge in [0.15, 0.2) is 0 Å². The summed E-state index contributed by atoms with van der Waals surface area (Å²) in [6.45, 7) is 0.202. The van der Waals surface area contributed by atoms with E-state index in [1.165, 1.54) is 29.2 Å². The SMILES string of the molecule is CNc1cnn(Cc2cncc(F)c2)c(=O)c1. The third kappa shape index (κ3) is 2.66. The van der Waals surface area contributed by atoms with Crippen molar-refractivity contribution in [2.45, 2.75) is 6.54 Å². The van der Waals surface area contributed by atoms with Crippen LogP contribution in [0.4, 0.5) is 10.1 Å². The second kappa shape index (κ2) is 4.73. The third-order valence-corrected chi connectivity index (χ3v) is 2.25. The number of pyridine rings is 1. The summed E-state index contributed by atoms with van der Waals surface area (Å²) in [4.78, 5) is 15.3. The Bertz CT molecular complexity index is 582. The maximum absolute atomic E-state index is 12.9. The molecule has 0 unspecified atom stereocenters. The van der Waals surface area contributed by atoms with Gasteiger partial charge in [-0.3, -0.25) is 9.78 Å². The maximum atomic E-state index is 12.9. The normalized spacial score (nSPS) is 10.2. The van der Waals surface area contributed by atoms with Crippen LogP contribution in [0, 0.1) is 5.82 Å². The van der Waals surface area contributed by atoms with E-state index in [2.05, 4.69) is 15.4 Å². The van der Waals surface area contributed by atoms with E-state index in [0.717, 1.165) is 6.20 Å². The zero-order valence-corrected chi connectivity index (χ0v) is 9.22. The van der Waals surface area contributed by atoms with Crippen LogP contribution in [-0.2, 0) is 6.54 Å². The molecule has 1 N–H and O–H groups in total. The summed E-state index contributed by atoms with van der Waals surface area (Å²) in [6, 6.07) is 2.76. The highest BCUT2D eigenvalue weighted by atomic mass is 19.1. The van der Waals surface area contributed by atoms with Crippen LogP contribution in [-0.4, -0.2) is 21.8 Å². The molecule has 0 aromatic carbocycles. The molecule has 88 valence electrons. The highest BCUT2D eigenvalue weighted by Crippen LogP contribution is 2.03. The fourth-order valence-electron chi connectivity index (χ4n) is 1.40. The lowest BCUT2D eigenvalue weighted by Crippen LogP contribution is -2.22. The standard InChI is InChI=1S/C11H11FN4O/c1-13-10-3-11(17)16(15-6-10)7-8-2-9(12)5-14-4-8/h2-6,13H,7H2,1H3. The number of hydrogen-bond acceptors (Lipinski definition) is 4. The molecule has 5 nitrogen and oxygen atoms in total. The molecule has 0 radical (unpaired) electrons. The van der Waals surface area contributed by atoms with Gasteiger partial charge in [0.25, 0.3) is 5.56 Å². The van der Waals surface area contributed by atoms with Crippen molar-refractivity contribution in [2.24, 2.45) is 0 Å². The number of nitrogens with zero attached hydrogens (tertiary/aromatic N) is 3. The molecule has 0 fully saturated rings. The van der Waals surface area contributed by atoms with Gasteiger partial charge in [-0.15, -0.1) is 0 Å². The summed E-state index contributed by atoms with van der Waals surface area (Å²) in [6.07, 6.45) is 4.15. The quantitative estimate of drug-likeness (QED) is 0.856. The van der Waals surface area contributed by atoms with Crippen molar-refractivity contribution in [1.29, 1.82) is 0 Å². The lowest BCUT2D eigenvalue weighted by Gasteiger charge is -2.05. The van der Waals surface area contributed by atoms with E-state index in [0.29, 0.717) is 11.3 Å². The monoisotopic (exact) mass is 234 g/mol. The van der Waals surface area contributed by atoms with Crippen molar-refractivity contribution in [3.05, 3.63) is 52.5 Å². The molecule has 2 heterocycles. The van der Waals surface area contributed by atoms with Crippen molar-refractivity contribution in [3.63, 3.8) is 0 Å². The zero-order chi connectivity index (χ0) is 12.3. The van der Waals surface area contributed by atoms with Crippen LogP contribution in [0.5, 0.6) is 0 Å². The first-order valence-corrected chi connectivity index (χ1v) is 5.03. The van der Waals surface area contributed by atoms with E-state index in [-0.39, 0.29) is 12.1 Å². The Labute approximate surface area is 96.9 Å². The minimum Gasteiger partial charge on any atom is -0.387 e. The predicted octanol–water partition coefficient (Wildman–Crippen LogP) is 0.867. The topological polar surface area (TPSA) is 59.8 Å². The molecule has 0 aliphatic rings. The highest BCUT2D eigenvalue weighted by Gasteiger charge is 2.02. The van der Waals surface area contributed by atoms with Gasteiger partial charge in [0.1, 0.15) is 5.82 Å². The van der Waals surface area contributed by atoms with E-state index < -0.39 is 5.82 Å². The molecule has 2 aromatic heterocycles. The Morgan fingerprint density at radius 1 is 1.35 bits per heavy atom. The van der Waals surface area contributed by atoms with Gasteiger partial charge < -0.3 is 5.32 Å². The number of halogens is 1. The number of aromatic nitrogens is 3. The first-order valence-electron chi connectivity index (χ1n) is 5.03. The summed E-state index contributed by atoms with van der Waals surface area (Å²) in [5.74, 6) is -0.428. The van der Waals surface area contributed by atoms with Gasteiger partial charge in [0.2, 0.25) is 0 Å². The summed E-state index contributed by atoms with van der Waals surface area (Å²) >= 11 is 0. The van der Waals surface area contributed by atoms with Crippen molar-refractivity contribution in [1.82, 2.24) is 14.8 Å². The average molecular weight is 234 g/mol. The van der Waals surface area contributed by atoms with Crippen LogP contribution in [0.25, 0.3) is 0 Å². The first-order chi connectivity index (χ1) is 8.19. The van der Waals surface area contributed by atoms with Gasteiger partial charge >= 0.3 is 0 Å². The molecule has 6 heteroatoms. The molecule has 2 rings (SSSR count). The molecule has 0 aliphatic heterocycles. The number of rotatable bonds is 3. The highest BCUT2D eigenvalue weighted by molar-refractivity contribution is 5.37. The van der Waals surface area contributed by atoms with Crippen LogP contribution in [0.2, 0.25) is 0 Å². The lowest BCUT2D eigenvalue weighted by molar-refractivity contribution is 0.604. The Kier molecular flexibility index (Phi) is 3.13. The molecule has 0 atom stereocenters. The van der Waals surface area contributed by atoms with Crippen LogP contribution in [0.3, 0.4) is 0 Å². The van der Waals surface area contributed by atoms with Crippen molar-refractivity contribution >= 4 is 5.69 Å². The summed E-state index contributed by atoms with van der Waals surface area (Å²) in [5, 5.41) is 6.79. The second-order valence-electron chi connectivity index (χ2n) is 3.50. The van der Waals surface area contributed by atoms with Crippen molar-refractivity contribution in [2.75, 3.05) is 12.4 Å². The van der Waals surface area contributed by atoms with Gasteiger partial charge in [0.05, 0.1) is 24.6 Å². The van der Waals surface area contributed by atoms with E-state index in [9.17, 15) is 9.18 Å². The molecule has 0 amide bonds.